The van der Waals surface area contributed by atoms with Gasteiger partial charge in [0, 0.05) is 13.1 Å². The summed E-state index contributed by atoms with van der Waals surface area (Å²) in [6.45, 7) is 13.7. The number of amides is 1. The van der Waals surface area contributed by atoms with Gasteiger partial charge >= 0.3 is 0 Å². The van der Waals surface area contributed by atoms with Gasteiger partial charge in [-0.05, 0) is 25.2 Å². The van der Waals surface area contributed by atoms with Crippen molar-refractivity contribution in [3.05, 3.63) is 12.2 Å². The summed E-state index contributed by atoms with van der Waals surface area (Å²) in [4.78, 5) is 13.3. The molecule has 0 bridgehead atoms. The van der Waals surface area contributed by atoms with Gasteiger partial charge in [0.15, 0.2) is 0 Å². The van der Waals surface area contributed by atoms with Crippen molar-refractivity contribution in [3.8, 4) is 6.07 Å². The summed E-state index contributed by atoms with van der Waals surface area (Å²) in [5.74, 6) is 0.936. The maximum Gasteiger partial charge on any atom is 0.236 e. The Bertz CT molecular complexity index is 304. The zero-order valence-corrected chi connectivity index (χ0v) is 11.5. The monoisotopic (exact) mass is 236 g/mol. The summed E-state index contributed by atoms with van der Waals surface area (Å²) in [7, 11) is 0. The van der Waals surface area contributed by atoms with Gasteiger partial charge < -0.3 is 4.90 Å². The van der Waals surface area contributed by atoms with Crippen LogP contribution in [0.2, 0.25) is 0 Å². The third kappa shape index (κ3) is 4.60. The van der Waals surface area contributed by atoms with E-state index in [2.05, 4.69) is 13.5 Å². The van der Waals surface area contributed by atoms with Crippen LogP contribution in [0.25, 0.3) is 0 Å². The molecule has 1 fully saturated rings. The van der Waals surface area contributed by atoms with E-state index in [-0.39, 0.29) is 12.3 Å². The summed E-state index contributed by atoms with van der Waals surface area (Å²) >= 11 is 0. The number of rotatable bonds is 2. The predicted molar refractivity (Wildman–Crippen MR) is 70.2 cm³/mol. The largest absolute Gasteiger partial charge is 0.341 e. The van der Waals surface area contributed by atoms with Gasteiger partial charge in [-0.3, -0.25) is 4.79 Å². The molecular weight excluding hydrogens is 212 g/mol. The zero-order chi connectivity index (χ0) is 13.4. The fraction of sp³-hybridized carbons (Fsp3) is 0.714. The van der Waals surface area contributed by atoms with Gasteiger partial charge in [-0.15, -0.1) is 0 Å². The molecule has 1 amide bonds. The highest BCUT2D eigenvalue weighted by molar-refractivity contribution is 5.78. The maximum atomic E-state index is 11.5. The molecule has 0 aliphatic carbocycles. The van der Waals surface area contributed by atoms with Crippen LogP contribution in [-0.4, -0.2) is 23.9 Å². The first-order valence-electron chi connectivity index (χ1n) is 6.36. The number of likely N-dealkylation sites (tertiary alicyclic amines) is 1. The van der Waals surface area contributed by atoms with E-state index in [9.17, 15) is 4.79 Å². The van der Waals surface area contributed by atoms with Crippen LogP contribution in [0.15, 0.2) is 12.2 Å². The van der Waals surface area contributed by atoms with Crippen LogP contribution in [-0.2, 0) is 4.79 Å². The molecule has 2 unspecified atom stereocenters. The molecule has 2 atom stereocenters. The summed E-state index contributed by atoms with van der Waals surface area (Å²) in [5.41, 5.74) is 1.14. The van der Waals surface area contributed by atoms with E-state index in [0.29, 0.717) is 11.8 Å². The fourth-order valence-electron chi connectivity index (χ4n) is 2.12. The number of carbonyl (C=O) groups is 1. The lowest BCUT2D eigenvalue weighted by molar-refractivity contribution is -0.132. The molecule has 0 N–H and O–H groups in total. The minimum atomic E-state index is -0.0457. The zero-order valence-electron chi connectivity index (χ0n) is 11.5. The van der Waals surface area contributed by atoms with Crippen LogP contribution >= 0.6 is 0 Å². The van der Waals surface area contributed by atoms with Crippen LogP contribution in [0.5, 0.6) is 0 Å². The molecule has 1 saturated heterocycles. The van der Waals surface area contributed by atoms with Gasteiger partial charge in [-0.2, -0.15) is 5.26 Å². The highest BCUT2D eigenvalue weighted by atomic mass is 16.2. The van der Waals surface area contributed by atoms with E-state index in [4.69, 9.17) is 5.26 Å². The van der Waals surface area contributed by atoms with E-state index < -0.39 is 0 Å². The lowest BCUT2D eigenvalue weighted by atomic mass is 9.83. The van der Waals surface area contributed by atoms with Gasteiger partial charge in [0.2, 0.25) is 5.91 Å². The molecule has 1 aliphatic heterocycles. The first-order chi connectivity index (χ1) is 8.06. The van der Waals surface area contributed by atoms with Crippen LogP contribution in [0.4, 0.5) is 0 Å². The van der Waals surface area contributed by atoms with Crippen molar-refractivity contribution in [2.24, 2.45) is 11.8 Å². The van der Waals surface area contributed by atoms with Crippen LogP contribution in [0.3, 0.4) is 0 Å². The maximum absolute atomic E-state index is 11.5. The third-order valence-corrected chi connectivity index (χ3v) is 3.17. The van der Waals surface area contributed by atoms with Crippen molar-refractivity contribution >= 4 is 5.91 Å². The number of nitrogens with zero attached hydrogens (tertiary/aromatic N) is 2. The summed E-state index contributed by atoms with van der Waals surface area (Å²) in [6, 6.07) is 1.91. The van der Waals surface area contributed by atoms with E-state index in [1.165, 1.54) is 0 Å². The molecule has 0 aromatic heterocycles. The Morgan fingerprint density at radius 2 is 2.12 bits per heavy atom. The molecule has 0 spiro atoms. The van der Waals surface area contributed by atoms with Crippen molar-refractivity contribution in [2.75, 3.05) is 13.1 Å². The second kappa shape index (κ2) is 7.89. The quantitative estimate of drug-likeness (QED) is 0.692. The molecule has 0 radical (unpaired) electrons. The van der Waals surface area contributed by atoms with Crippen molar-refractivity contribution in [1.29, 1.82) is 5.26 Å². The number of hydrogen-bond donors (Lipinski definition) is 0. The second-order valence-corrected chi connectivity index (χ2v) is 4.39. The van der Waals surface area contributed by atoms with Crippen LogP contribution in [0, 0.1) is 23.2 Å². The fourth-order valence-corrected chi connectivity index (χ4v) is 2.12. The summed E-state index contributed by atoms with van der Waals surface area (Å²) in [5, 5.41) is 8.48. The van der Waals surface area contributed by atoms with Gasteiger partial charge in [0.05, 0.1) is 6.07 Å². The third-order valence-electron chi connectivity index (χ3n) is 3.17. The normalized spacial score (nSPS) is 23.1. The summed E-state index contributed by atoms with van der Waals surface area (Å²) < 4.78 is 0. The Kier molecular flexibility index (Phi) is 7.29. The molecule has 0 aromatic rings. The van der Waals surface area contributed by atoms with Gasteiger partial charge in [-0.25, -0.2) is 0 Å². The van der Waals surface area contributed by atoms with Crippen molar-refractivity contribution in [3.63, 3.8) is 0 Å². The molecule has 17 heavy (non-hydrogen) atoms. The lowest BCUT2D eigenvalue weighted by Gasteiger charge is -2.37. The Labute approximate surface area is 105 Å². The first kappa shape index (κ1) is 15.7. The topological polar surface area (TPSA) is 44.1 Å². The Morgan fingerprint density at radius 3 is 2.59 bits per heavy atom. The molecule has 3 nitrogen and oxygen atoms in total. The van der Waals surface area contributed by atoms with E-state index in [0.717, 1.165) is 25.1 Å². The van der Waals surface area contributed by atoms with Gasteiger partial charge in [0.1, 0.15) is 6.42 Å². The van der Waals surface area contributed by atoms with Crippen molar-refractivity contribution in [2.45, 2.75) is 40.5 Å². The molecule has 0 aromatic carbocycles. The molecule has 0 saturated carbocycles. The van der Waals surface area contributed by atoms with Gasteiger partial charge in [-0.1, -0.05) is 32.9 Å². The van der Waals surface area contributed by atoms with Gasteiger partial charge in [0.25, 0.3) is 0 Å². The average Bonchev–Trinajstić information content (AvgIpc) is 2.32. The molecule has 1 rings (SSSR count). The van der Waals surface area contributed by atoms with Crippen molar-refractivity contribution in [1.82, 2.24) is 4.90 Å². The molecule has 96 valence electrons. The number of piperidine rings is 1. The van der Waals surface area contributed by atoms with E-state index in [1.807, 2.05) is 26.8 Å². The second-order valence-electron chi connectivity index (χ2n) is 4.39. The number of nitriles is 1. The van der Waals surface area contributed by atoms with Crippen molar-refractivity contribution < 1.29 is 4.79 Å². The molecule has 1 heterocycles. The lowest BCUT2D eigenvalue weighted by Crippen LogP contribution is -2.43. The molecule has 1 aliphatic rings. The van der Waals surface area contributed by atoms with E-state index in [1.54, 1.807) is 4.90 Å². The standard InChI is InChI=1S/C12H18N2O.C2H6/c1-9(2)11-8-14(7-5-10(11)3)12(15)4-6-13;1-2/h10-11H,1,4-5,7-8H2,2-3H3;1-2H3. The minimum absolute atomic E-state index is 0.00269. The SMILES string of the molecule is C=C(C)C1CN(C(=O)CC#N)CCC1C.CC. The Balaban J connectivity index is 0.00000121. The number of hydrogen-bond acceptors (Lipinski definition) is 2. The number of carbonyl (C=O) groups excluding carboxylic acids is 1. The van der Waals surface area contributed by atoms with Crippen LogP contribution in [0.1, 0.15) is 40.5 Å². The molecule has 3 heteroatoms. The first-order valence-corrected chi connectivity index (χ1v) is 6.36. The highest BCUT2D eigenvalue weighted by Gasteiger charge is 2.28. The van der Waals surface area contributed by atoms with Crippen LogP contribution < -0.4 is 0 Å². The highest BCUT2D eigenvalue weighted by Crippen LogP contribution is 2.28. The smallest absolute Gasteiger partial charge is 0.236 e. The van der Waals surface area contributed by atoms with E-state index >= 15 is 0 Å². The Morgan fingerprint density at radius 1 is 1.53 bits per heavy atom. The predicted octanol–water partition coefficient (Wildman–Crippen LogP) is 2.99. The summed E-state index contributed by atoms with van der Waals surface area (Å²) in [6.07, 6.45) is 1.01. The minimum Gasteiger partial charge on any atom is -0.341 e. The Hall–Kier alpha value is -1.30. The molecular formula is C14H24N2O. The average molecular weight is 236 g/mol.